The Balaban J connectivity index is 1.76. The molecular formula is C17H15N3O2S. The van der Waals surface area contributed by atoms with Gasteiger partial charge in [0.25, 0.3) is 5.69 Å². The van der Waals surface area contributed by atoms with Crippen molar-refractivity contribution in [3.63, 3.8) is 0 Å². The molecule has 0 unspecified atom stereocenters. The smallest absolute Gasteiger partial charge is 0.292 e. The number of para-hydroxylation sites is 3. The van der Waals surface area contributed by atoms with Crippen LogP contribution in [0, 0.1) is 10.1 Å². The second kappa shape index (κ2) is 5.62. The lowest BCUT2D eigenvalue weighted by atomic mass is 10.2. The van der Waals surface area contributed by atoms with Crippen molar-refractivity contribution in [1.82, 2.24) is 4.98 Å². The van der Waals surface area contributed by atoms with Crippen molar-refractivity contribution in [1.29, 1.82) is 0 Å². The van der Waals surface area contributed by atoms with Crippen molar-refractivity contribution in [2.75, 3.05) is 11.4 Å². The third kappa shape index (κ3) is 2.45. The first-order valence-electron chi connectivity index (χ1n) is 7.59. The molecule has 1 aromatic heterocycles. The van der Waals surface area contributed by atoms with Gasteiger partial charge in [-0.25, -0.2) is 4.98 Å². The summed E-state index contributed by atoms with van der Waals surface area (Å²) in [6.45, 7) is 0.825. The van der Waals surface area contributed by atoms with E-state index in [0.717, 1.165) is 34.6 Å². The van der Waals surface area contributed by atoms with Gasteiger partial charge in [-0.05, 0) is 31.0 Å². The van der Waals surface area contributed by atoms with Gasteiger partial charge in [-0.3, -0.25) is 10.1 Å². The van der Waals surface area contributed by atoms with Gasteiger partial charge in [-0.15, -0.1) is 11.3 Å². The predicted octanol–water partition coefficient (Wildman–Crippen LogP) is 4.55. The van der Waals surface area contributed by atoms with Crippen LogP contribution < -0.4 is 4.90 Å². The number of nitrogens with zero attached hydrogens (tertiary/aromatic N) is 3. The highest BCUT2D eigenvalue weighted by Gasteiger charge is 2.32. The highest BCUT2D eigenvalue weighted by atomic mass is 32.1. The molecule has 1 aliphatic rings. The zero-order chi connectivity index (χ0) is 15.8. The molecule has 23 heavy (non-hydrogen) atoms. The van der Waals surface area contributed by atoms with Crippen molar-refractivity contribution < 1.29 is 4.92 Å². The monoisotopic (exact) mass is 325 g/mol. The molecule has 116 valence electrons. The standard InChI is InChI=1S/C17H15N3O2S/c21-20(22)14-8-3-2-7-13(14)19-11-5-9-15(19)17-18-12-6-1-4-10-16(12)23-17/h1-4,6-8,10,15H,5,9,11H2/t15-/m0/s1. The molecule has 3 aromatic rings. The molecule has 2 heterocycles. The number of nitro benzene ring substituents is 1. The maximum Gasteiger partial charge on any atom is 0.292 e. The maximum absolute atomic E-state index is 11.3. The van der Waals surface area contributed by atoms with E-state index in [1.807, 2.05) is 30.3 Å². The predicted molar refractivity (Wildman–Crippen MR) is 92.0 cm³/mol. The second-order valence-electron chi connectivity index (χ2n) is 5.62. The van der Waals surface area contributed by atoms with Crippen LogP contribution in [0.15, 0.2) is 48.5 Å². The number of benzene rings is 2. The van der Waals surface area contributed by atoms with Crippen LogP contribution in [-0.2, 0) is 0 Å². The summed E-state index contributed by atoms with van der Waals surface area (Å²) < 4.78 is 1.16. The van der Waals surface area contributed by atoms with E-state index in [2.05, 4.69) is 11.0 Å². The van der Waals surface area contributed by atoms with Crippen LogP contribution in [0.2, 0.25) is 0 Å². The minimum Gasteiger partial charge on any atom is -0.357 e. The van der Waals surface area contributed by atoms with Crippen LogP contribution >= 0.6 is 11.3 Å². The second-order valence-corrected chi connectivity index (χ2v) is 6.68. The van der Waals surface area contributed by atoms with E-state index in [-0.39, 0.29) is 16.7 Å². The van der Waals surface area contributed by atoms with E-state index >= 15 is 0 Å². The summed E-state index contributed by atoms with van der Waals surface area (Å²) in [5.41, 5.74) is 1.86. The van der Waals surface area contributed by atoms with E-state index in [1.165, 1.54) is 0 Å². The summed E-state index contributed by atoms with van der Waals surface area (Å²) >= 11 is 1.68. The highest BCUT2D eigenvalue weighted by Crippen LogP contribution is 2.42. The molecule has 0 aliphatic carbocycles. The van der Waals surface area contributed by atoms with Gasteiger partial charge >= 0.3 is 0 Å². The Morgan fingerprint density at radius 2 is 1.96 bits per heavy atom. The van der Waals surface area contributed by atoms with Crippen LogP contribution in [0.5, 0.6) is 0 Å². The fourth-order valence-electron chi connectivity index (χ4n) is 3.21. The van der Waals surface area contributed by atoms with Gasteiger partial charge < -0.3 is 4.90 Å². The zero-order valence-corrected chi connectivity index (χ0v) is 13.2. The van der Waals surface area contributed by atoms with Gasteiger partial charge in [0.05, 0.1) is 21.2 Å². The van der Waals surface area contributed by atoms with Gasteiger partial charge in [0, 0.05) is 12.6 Å². The Morgan fingerprint density at radius 3 is 2.78 bits per heavy atom. The highest BCUT2D eigenvalue weighted by molar-refractivity contribution is 7.18. The maximum atomic E-state index is 11.3. The van der Waals surface area contributed by atoms with Crippen molar-refractivity contribution >= 4 is 32.9 Å². The van der Waals surface area contributed by atoms with Crippen LogP contribution in [0.4, 0.5) is 11.4 Å². The Kier molecular flexibility index (Phi) is 3.46. The molecule has 4 rings (SSSR count). The topological polar surface area (TPSA) is 59.3 Å². The molecule has 0 N–H and O–H groups in total. The number of hydrogen-bond donors (Lipinski definition) is 0. The van der Waals surface area contributed by atoms with E-state index in [1.54, 1.807) is 23.5 Å². The SMILES string of the molecule is O=[N+]([O-])c1ccccc1N1CCC[C@H]1c1nc2ccccc2s1. The fourth-order valence-corrected chi connectivity index (χ4v) is 4.32. The summed E-state index contributed by atoms with van der Waals surface area (Å²) in [5.74, 6) is 0. The molecular weight excluding hydrogens is 310 g/mol. The lowest BCUT2D eigenvalue weighted by molar-refractivity contribution is -0.384. The third-order valence-corrected chi connectivity index (χ3v) is 5.37. The molecule has 1 saturated heterocycles. The van der Waals surface area contributed by atoms with Crippen LogP contribution in [0.25, 0.3) is 10.2 Å². The van der Waals surface area contributed by atoms with Crippen LogP contribution in [0.1, 0.15) is 23.9 Å². The first-order chi connectivity index (χ1) is 11.2. The molecule has 0 radical (unpaired) electrons. The average Bonchev–Trinajstić information content (AvgIpc) is 3.21. The summed E-state index contributed by atoms with van der Waals surface area (Å²) in [4.78, 5) is 17.9. The summed E-state index contributed by atoms with van der Waals surface area (Å²) in [5, 5.41) is 12.4. The Bertz CT molecular complexity index is 844. The first-order valence-corrected chi connectivity index (χ1v) is 8.41. The lowest BCUT2D eigenvalue weighted by Crippen LogP contribution is -2.23. The molecule has 0 saturated carbocycles. The first kappa shape index (κ1) is 14.1. The Labute approximate surface area is 137 Å². The Hall–Kier alpha value is -2.47. The molecule has 6 heteroatoms. The van der Waals surface area contributed by atoms with E-state index in [4.69, 9.17) is 4.98 Å². The normalized spacial score (nSPS) is 17.7. The quantitative estimate of drug-likeness (QED) is 0.524. The molecule has 5 nitrogen and oxygen atoms in total. The van der Waals surface area contributed by atoms with Gasteiger partial charge in [0.15, 0.2) is 0 Å². The fraction of sp³-hybridized carbons (Fsp3) is 0.235. The van der Waals surface area contributed by atoms with Crippen LogP contribution in [-0.4, -0.2) is 16.5 Å². The van der Waals surface area contributed by atoms with Gasteiger partial charge in [-0.1, -0.05) is 24.3 Å². The van der Waals surface area contributed by atoms with Gasteiger partial charge in [0.2, 0.25) is 0 Å². The minimum atomic E-state index is -0.303. The summed E-state index contributed by atoms with van der Waals surface area (Å²) in [6.07, 6.45) is 2.00. The van der Waals surface area contributed by atoms with Crippen molar-refractivity contribution in [2.45, 2.75) is 18.9 Å². The van der Waals surface area contributed by atoms with E-state index < -0.39 is 0 Å². The van der Waals surface area contributed by atoms with E-state index in [9.17, 15) is 10.1 Å². The average molecular weight is 325 g/mol. The number of anilines is 1. The third-order valence-electron chi connectivity index (χ3n) is 4.24. The number of hydrogen-bond acceptors (Lipinski definition) is 5. The molecule has 0 amide bonds. The Morgan fingerprint density at radius 1 is 1.17 bits per heavy atom. The largest absolute Gasteiger partial charge is 0.357 e. The molecule has 0 spiro atoms. The molecule has 1 atom stereocenters. The van der Waals surface area contributed by atoms with Crippen molar-refractivity contribution in [3.05, 3.63) is 63.7 Å². The number of thiazole rings is 1. The van der Waals surface area contributed by atoms with Crippen molar-refractivity contribution in [2.24, 2.45) is 0 Å². The van der Waals surface area contributed by atoms with Crippen molar-refractivity contribution in [3.8, 4) is 0 Å². The zero-order valence-electron chi connectivity index (χ0n) is 12.4. The van der Waals surface area contributed by atoms with Crippen LogP contribution in [0.3, 0.4) is 0 Å². The molecule has 1 fully saturated rings. The summed E-state index contributed by atoms with van der Waals surface area (Å²) in [6, 6.07) is 15.2. The molecule has 2 aromatic carbocycles. The minimum absolute atomic E-state index is 0.119. The number of nitro groups is 1. The number of fused-ring (bicyclic) bond motifs is 1. The molecule has 0 bridgehead atoms. The molecule has 1 aliphatic heterocycles. The van der Waals surface area contributed by atoms with E-state index in [0.29, 0.717) is 5.69 Å². The van der Waals surface area contributed by atoms with Gasteiger partial charge in [0.1, 0.15) is 10.7 Å². The number of aromatic nitrogens is 1. The summed E-state index contributed by atoms with van der Waals surface area (Å²) in [7, 11) is 0. The number of rotatable bonds is 3. The van der Waals surface area contributed by atoms with Gasteiger partial charge in [-0.2, -0.15) is 0 Å². The lowest BCUT2D eigenvalue weighted by Gasteiger charge is -2.24.